The van der Waals surface area contributed by atoms with Gasteiger partial charge in [0.2, 0.25) is 0 Å². The maximum absolute atomic E-state index is 11.6. The van der Waals surface area contributed by atoms with E-state index in [1.54, 1.807) is 0 Å². The number of alkyl carbamates (subject to hydrolysis) is 1. The lowest BCUT2D eigenvalue weighted by molar-refractivity contribution is 0.141. The van der Waals surface area contributed by atoms with E-state index in [4.69, 9.17) is 22.7 Å². The lowest BCUT2D eigenvalue weighted by Gasteiger charge is -2.07. The molecule has 5 nitrogen and oxygen atoms in total. The molecule has 0 atom stereocenters. The number of thiocarbonyl (C=S) groups is 1. The number of hydrogen-bond donors (Lipinski definition) is 3. The molecule has 2 aromatic carbocycles. The Morgan fingerprint density at radius 2 is 1.83 bits per heavy atom. The van der Waals surface area contributed by atoms with Gasteiger partial charge in [-0.25, -0.2) is 4.79 Å². The van der Waals surface area contributed by atoms with Crippen LogP contribution in [0.3, 0.4) is 0 Å². The number of carbonyl (C=O) groups excluding carboxylic acids is 1. The first-order chi connectivity index (χ1) is 11.6. The minimum Gasteiger partial charge on any atom is -0.445 e. The number of para-hydroxylation sites is 1. The first-order valence-electron chi connectivity index (χ1n) is 7.42. The van der Waals surface area contributed by atoms with Crippen molar-refractivity contribution in [2.45, 2.75) is 6.61 Å². The van der Waals surface area contributed by atoms with E-state index >= 15 is 0 Å². The molecule has 0 aliphatic carbocycles. The van der Waals surface area contributed by atoms with Crippen LogP contribution in [0.1, 0.15) is 11.1 Å². The summed E-state index contributed by atoms with van der Waals surface area (Å²) in [6.07, 6.45) is 3.24. The molecule has 0 saturated heterocycles. The third kappa shape index (κ3) is 6.10. The van der Waals surface area contributed by atoms with Gasteiger partial charge in [-0.3, -0.25) is 0 Å². The number of nitrogens with two attached hydrogens (primary N) is 1. The van der Waals surface area contributed by atoms with Gasteiger partial charge in [-0.15, -0.1) is 0 Å². The number of nitrogens with one attached hydrogen (secondary N) is 2. The highest BCUT2D eigenvalue weighted by molar-refractivity contribution is 7.80. The Hall–Kier alpha value is -2.86. The first kappa shape index (κ1) is 17.5. The zero-order chi connectivity index (χ0) is 17.2. The molecule has 0 aliphatic rings. The van der Waals surface area contributed by atoms with Crippen molar-refractivity contribution >= 4 is 35.2 Å². The Labute approximate surface area is 146 Å². The van der Waals surface area contributed by atoms with Crippen LogP contribution in [-0.4, -0.2) is 17.8 Å². The third-order valence-electron chi connectivity index (χ3n) is 3.09. The van der Waals surface area contributed by atoms with Crippen LogP contribution in [0.5, 0.6) is 0 Å². The van der Waals surface area contributed by atoms with E-state index in [1.165, 1.54) is 0 Å². The minimum atomic E-state index is -0.460. The second kappa shape index (κ2) is 9.32. The largest absolute Gasteiger partial charge is 0.445 e. The molecule has 0 saturated carbocycles. The Kier molecular flexibility index (Phi) is 6.79. The Morgan fingerprint density at radius 1 is 1.12 bits per heavy atom. The molecule has 0 aromatic heterocycles. The number of hydrogen-bond acceptors (Lipinski definition) is 3. The van der Waals surface area contributed by atoms with Crippen molar-refractivity contribution in [2.24, 2.45) is 5.73 Å². The smallest absolute Gasteiger partial charge is 0.407 e. The Morgan fingerprint density at radius 3 is 2.58 bits per heavy atom. The van der Waals surface area contributed by atoms with Gasteiger partial charge in [0.05, 0.1) is 0 Å². The number of benzene rings is 2. The first-order valence-corrected chi connectivity index (χ1v) is 7.82. The lowest BCUT2D eigenvalue weighted by Crippen LogP contribution is -2.24. The summed E-state index contributed by atoms with van der Waals surface area (Å²) in [5, 5.41) is 5.78. The van der Waals surface area contributed by atoms with Gasteiger partial charge in [-0.05, 0) is 29.4 Å². The third-order valence-corrected chi connectivity index (χ3v) is 3.20. The quantitative estimate of drug-likeness (QED) is 0.703. The lowest BCUT2D eigenvalue weighted by atomic mass is 10.1. The zero-order valence-corrected chi connectivity index (χ0v) is 13.9. The van der Waals surface area contributed by atoms with Gasteiger partial charge in [-0.1, -0.05) is 60.7 Å². The highest BCUT2D eigenvalue weighted by Gasteiger charge is 2.01. The number of carbonyl (C=O) groups is 1. The van der Waals surface area contributed by atoms with Gasteiger partial charge >= 0.3 is 6.09 Å². The standard InChI is InChI=1S/C18H19N3O2S/c19-17(24)21-16-11-5-4-9-15(16)10-6-12-20-18(22)23-13-14-7-2-1-3-8-14/h1-11H,12-13H2,(H,20,22)(H3,19,21,24). The van der Waals surface area contributed by atoms with Gasteiger partial charge < -0.3 is 21.1 Å². The van der Waals surface area contributed by atoms with Crippen molar-refractivity contribution in [1.82, 2.24) is 5.32 Å². The fraction of sp³-hybridized carbons (Fsp3) is 0.111. The Balaban J connectivity index is 1.78. The predicted octanol–water partition coefficient (Wildman–Crippen LogP) is 3.28. The number of amides is 1. The molecule has 4 N–H and O–H groups in total. The maximum atomic E-state index is 11.6. The summed E-state index contributed by atoms with van der Waals surface area (Å²) in [5.74, 6) is 0. The van der Waals surface area contributed by atoms with Crippen molar-refractivity contribution in [3.05, 3.63) is 71.8 Å². The van der Waals surface area contributed by atoms with E-state index in [0.717, 1.165) is 16.8 Å². The summed E-state index contributed by atoms with van der Waals surface area (Å²) in [5.41, 5.74) is 8.17. The van der Waals surface area contributed by atoms with Crippen molar-refractivity contribution in [2.75, 3.05) is 11.9 Å². The molecule has 0 fully saturated rings. The Bertz CT molecular complexity index is 717. The van der Waals surface area contributed by atoms with Crippen LogP contribution in [0.4, 0.5) is 10.5 Å². The molecule has 6 heteroatoms. The van der Waals surface area contributed by atoms with E-state index in [0.29, 0.717) is 6.54 Å². The molecule has 124 valence electrons. The van der Waals surface area contributed by atoms with Crippen LogP contribution < -0.4 is 16.4 Å². The fourth-order valence-electron chi connectivity index (χ4n) is 1.99. The van der Waals surface area contributed by atoms with Gasteiger partial charge in [0.25, 0.3) is 0 Å². The molecule has 0 bridgehead atoms. The monoisotopic (exact) mass is 341 g/mol. The fourth-order valence-corrected chi connectivity index (χ4v) is 2.10. The summed E-state index contributed by atoms with van der Waals surface area (Å²) < 4.78 is 5.13. The molecule has 0 unspecified atom stereocenters. The molecular weight excluding hydrogens is 322 g/mol. The summed E-state index contributed by atoms with van der Waals surface area (Å²) in [6, 6.07) is 17.1. The molecule has 2 aromatic rings. The number of rotatable bonds is 6. The van der Waals surface area contributed by atoms with Crippen LogP contribution in [0.15, 0.2) is 60.7 Å². The van der Waals surface area contributed by atoms with E-state index in [2.05, 4.69) is 10.6 Å². The van der Waals surface area contributed by atoms with Gasteiger partial charge in [0.15, 0.2) is 5.11 Å². The predicted molar refractivity (Wildman–Crippen MR) is 101 cm³/mol. The maximum Gasteiger partial charge on any atom is 0.407 e. The van der Waals surface area contributed by atoms with Crippen LogP contribution in [0.25, 0.3) is 6.08 Å². The average Bonchev–Trinajstić information content (AvgIpc) is 2.58. The van der Waals surface area contributed by atoms with Crippen molar-refractivity contribution in [3.63, 3.8) is 0 Å². The highest BCUT2D eigenvalue weighted by Crippen LogP contribution is 2.16. The summed E-state index contributed by atoms with van der Waals surface area (Å²) >= 11 is 4.85. The second-order valence-electron chi connectivity index (χ2n) is 4.92. The number of ether oxygens (including phenoxy) is 1. The van der Waals surface area contributed by atoms with E-state index in [-0.39, 0.29) is 11.7 Å². The normalized spacial score (nSPS) is 10.3. The van der Waals surface area contributed by atoms with Crippen LogP contribution in [0, 0.1) is 0 Å². The molecule has 0 spiro atoms. The van der Waals surface area contributed by atoms with Crippen LogP contribution >= 0.6 is 12.2 Å². The highest BCUT2D eigenvalue weighted by atomic mass is 32.1. The molecule has 0 aliphatic heterocycles. The van der Waals surface area contributed by atoms with Crippen LogP contribution in [-0.2, 0) is 11.3 Å². The minimum absolute atomic E-state index is 0.207. The second-order valence-corrected chi connectivity index (χ2v) is 5.36. The topological polar surface area (TPSA) is 76.4 Å². The van der Waals surface area contributed by atoms with Crippen molar-refractivity contribution in [1.29, 1.82) is 0 Å². The van der Waals surface area contributed by atoms with Gasteiger partial charge in [0, 0.05) is 12.2 Å². The van der Waals surface area contributed by atoms with E-state index in [1.807, 2.05) is 66.7 Å². The molecule has 0 radical (unpaired) electrons. The molecule has 1 amide bonds. The van der Waals surface area contributed by atoms with Crippen LogP contribution in [0.2, 0.25) is 0 Å². The molecule has 0 heterocycles. The van der Waals surface area contributed by atoms with E-state index < -0.39 is 6.09 Å². The number of anilines is 1. The summed E-state index contributed by atoms with van der Waals surface area (Å²) in [4.78, 5) is 11.6. The SMILES string of the molecule is NC(=S)Nc1ccccc1C=CCNC(=O)OCc1ccccc1. The summed E-state index contributed by atoms with van der Waals surface area (Å²) in [6.45, 7) is 0.603. The average molecular weight is 341 g/mol. The molecule has 2 rings (SSSR count). The van der Waals surface area contributed by atoms with Crippen molar-refractivity contribution < 1.29 is 9.53 Å². The van der Waals surface area contributed by atoms with Gasteiger partial charge in [-0.2, -0.15) is 0 Å². The van der Waals surface area contributed by atoms with E-state index in [9.17, 15) is 4.79 Å². The summed E-state index contributed by atoms with van der Waals surface area (Å²) in [7, 11) is 0. The molecular formula is C18H19N3O2S. The zero-order valence-electron chi connectivity index (χ0n) is 13.1. The molecule has 24 heavy (non-hydrogen) atoms. The van der Waals surface area contributed by atoms with Crippen molar-refractivity contribution in [3.8, 4) is 0 Å². The van der Waals surface area contributed by atoms with Gasteiger partial charge in [0.1, 0.15) is 6.61 Å².